The lowest BCUT2D eigenvalue weighted by molar-refractivity contribution is -0.384. The minimum absolute atomic E-state index is 0.169. The maximum atomic E-state index is 12.9. The summed E-state index contributed by atoms with van der Waals surface area (Å²) in [4.78, 5) is 25.1. The number of benzene rings is 3. The van der Waals surface area contributed by atoms with Crippen LogP contribution in [-0.2, 0) is 0 Å². The molecule has 2 amide bonds. The van der Waals surface area contributed by atoms with Gasteiger partial charge in [-0.15, -0.1) is 0 Å². The largest absolute Gasteiger partial charge is 0.331 e. The molecule has 3 aromatic rings. The Morgan fingerprint density at radius 1 is 0.962 bits per heavy atom. The van der Waals surface area contributed by atoms with Crippen LogP contribution in [0.1, 0.15) is 0 Å². The van der Waals surface area contributed by atoms with E-state index in [1.807, 2.05) is 0 Å². The van der Waals surface area contributed by atoms with Crippen molar-refractivity contribution in [2.24, 2.45) is 0 Å². The molecule has 3 rings (SSSR count). The number of urea groups is 1. The summed E-state index contributed by atoms with van der Waals surface area (Å²) in [6, 6.07) is 20.9. The van der Waals surface area contributed by atoms with Crippen molar-refractivity contribution in [3.63, 3.8) is 0 Å². The van der Waals surface area contributed by atoms with Gasteiger partial charge in [0.15, 0.2) is 0 Å². The molecule has 0 aromatic heterocycles. The zero-order valence-corrected chi connectivity index (χ0v) is 14.3. The Hall–Kier alpha value is -3.38. The number of anilines is 3. The normalized spacial score (nSPS) is 10.2. The summed E-state index contributed by atoms with van der Waals surface area (Å²) in [7, 11) is 0. The summed E-state index contributed by atoms with van der Waals surface area (Å²) in [5.74, 6) is 0. The molecular weight excluding hydrogens is 354 g/mol. The minimum Gasteiger partial charge on any atom is -0.307 e. The van der Waals surface area contributed by atoms with Crippen molar-refractivity contribution in [2.75, 3.05) is 10.2 Å². The van der Waals surface area contributed by atoms with Gasteiger partial charge in [0.05, 0.1) is 10.6 Å². The fraction of sp³-hybridized carbons (Fsp3) is 0. The van der Waals surface area contributed by atoms with E-state index in [0.717, 1.165) is 0 Å². The molecule has 0 saturated heterocycles. The number of halogens is 1. The number of hydrogen-bond donors (Lipinski definition) is 1. The van der Waals surface area contributed by atoms with Crippen molar-refractivity contribution < 1.29 is 9.72 Å². The van der Waals surface area contributed by atoms with Crippen LogP contribution in [-0.4, -0.2) is 11.0 Å². The van der Waals surface area contributed by atoms with Crippen LogP contribution >= 0.6 is 11.6 Å². The number of carbonyl (C=O) groups excluding carboxylic acids is 1. The zero-order chi connectivity index (χ0) is 18.5. The summed E-state index contributed by atoms with van der Waals surface area (Å²) < 4.78 is 0. The Balaban J connectivity index is 2.05. The van der Waals surface area contributed by atoms with E-state index in [4.69, 9.17) is 11.6 Å². The van der Waals surface area contributed by atoms with E-state index in [0.29, 0.717) is 16.4 Å². The Morgan fingerprint density at radius 3 is 2.35 bits per heavy atom. The van der Waals surface area contributed by atoms with Gasteiger partial charge >= 0.3 is 6.03 Å². The second-order valence-electron chi connectivity index (χ2n) is 5.36. The van der Waals surface area contributed by atoms with Crippen molar-refractivity contribution in [1.29, 1.82) is 0 Å². The molecule has 7 heteroatoms. The van der Waals surface area contributed by atoms with Crippen molar-refractivity contribution in [2.45, 2.75) is 0 Å². The number of nitro benzene ring substituents is 1. The maximum absolute atomic E-state index is 12.9. The number of carbonyl (C=O) groups is 1. The molecule has 0 aliphatic carbocycles. The standard InChI is InChI=1S/C19H14ClN3O3/c20-14-7-6-8-15(13-14)21-19(24)22(16-9-2-1-3-10-16)17-11-4-5-12-18(17)23(25)26/h1-13H,(H,21,24). The summed E-state index contributed by atoms with van der Waals surface area (Å²) in [5, 5.41) is 14.6. The summed E-state index contributed by atoms with van der Waals surface area (Å²) in [6.45, 7) is 0. The van der Waals surface area contributed by atoms with E-state index >= 15 is 0 Å². The molecule has 0 aliphatic heterocycles. The smallest absolute Gasteiger partial charge is 0.307 e. The third-order valence-electron chi connectivity index (χ3n) is 3.61. The van der Waals surface area contributed by atoms with Crippen molar-refractivity contribution in [3.8, 4) is 0 Å². The zero-order valence-electron chi connectivity index (χ0n) is 13.5. The Kier molecular flexibility index (Phi) is 5.15. The van der Waals surface area contributed by atoms with Crippen LogP contribution in [0.15, 0.2) is 78.9 Å². The van der Waals surface area contributed by atoms with Gasteiger partial charge < -0.3 is 5.32 Å². The SMILES string of the molecule is O=C(Nc1cccc(Cl)c1)N(c1ccccc1)c1ccccc1[N+](=O)[O-]. The fourth-order valence-electron chi connectivity index (χ4n) is 2.50. The van der Waals surface area contributed by atoms with Gasteiger partial charge in [0.25, 0.3) is 5.69 Å². The molecule has 0 radical (unpaired) electrons. The number of para-hydroxylation sites is 3. The first-order chi connectivity index (χ1) is 12.6. The van der Waals surface area contributed by atoms with Gasteiger partial charge in [0.1, 0.15) is 5.69 Å². The highest BCUT2D eigenvalue weighted by molar-refractivity contribution is 6.31. The second-order valence-corrected chi connectivity index (χ2v) is 5.79. The average molecular weight is 368 g/mol. The van der Waals surface area contributed by atoms with Crippen LogP contribution in [0, 0.1) is 10.1 Å². The van der Waals surface area contributed by atoms with Gasteiger partial charge in [0.2, 0.25) is 0 Å². The number of rotatable bonds is 4. The molecule has 0 aliphatic rings. The second kappa shape index (κ2) is 7.67. The van der Waals surface area contributed by atoms with Gasteiger partial charge in [-0.2, -0.15) is 0 Å². The molecule has 0 spiro atoms. The van der Waals surface area contributed by atoms with E-state index in [9.17, 15) is 14.9 Å². The van der Waals surface area contributed by atoms with Crippen LogP contribution in [0.4, 0.5) is 27.5 Å². The van der Waals surface area contributed by atoms with Crippen LogP contribution in [0.25, 0.3) is 0 Å². The predicted molar refractivity (Wildman–Crippen MR) is 102 cm³/mol. The average Bonchev–Trinajstić information content (AvgIpc) is 2.63. The molecule has 0 unspecified atom stereocenters. The molecule has 0 bridgehead atoms. The first-order valence-electron chi connectivity index (χ1n) is 7.71. The first kappa shape index (κ1) is 17.4. The van der Waals surface area contributed by atoms with E-state index < -0.39 is 11.0 Å². The lowest BCUT2D eigenvalue weighted by Gasteiger charge is -2.23. The summed E-state index contributed by atoms with van der Waals surface area (Å²) in [6.07, 6.45) is 0. The lowest BCUT2D eigenvalue weighted by Crippen LogP contribution is -2.31. The van der Waals surface area contributed by atoms with E-state index in [1.54, 1.807) is 66.7 Å². The van der Waals surface area contributed by atoms with E-state index in [2.05, 4.69) is 5.32 Å². The summed E-state index contributed by atoms with van der Waals surface area (Å²) >= 11 is 5.95. The third-order valence-corrected chi connectivity index (χ3v) is 3.85. The molecule has 3 aromatic carbocycles. The first-order valence-corrected chi connectivity index (χ1v) is 8.09. The van der Waals surface area contributed by atoms with E-state index in [-0.39, 0.29) is 11.4 Å². The van der Waals surface area contributed by atoms with Gasteiger partial charge in [0, 0.05) is 16.8 Å². The van der Waals surface area contributed by atoms with Crippen LogP contribution < -0.4 is 10.2 Å². The van der Waals surface area contributed by atoms with Gasteiger partial charge in [-0.05, 0) is 36.4 Å². The molecule has 0 heterocycles. The molecular formula is C19H14ClN3O3. The van der Waals surface area contributed by atoms with Crippen LogP contribution in [0.3, 0.4) is 0 Å². The molecule has 130 valence electrons. The van der Waals surface area contributed by atoms with Crippen molar-refractivity contribution in [1.82, 2.24) is 0 Å². The summed E-state index contributed by atoms with van der Waals surface area (Å²) in [5.41, 5.74) is 0.990. The van der Waals surface area contributed by atoms with Crippen molar-refractivity contribution >= 4 is 40.4 Å². The molecule has 0 atom stereocenters. The Labute approximate surface area is 154 Å². The van der Waals surface area contributed by atoms with Gasteiger partial charge in [-0.25, -0.2) is 4.79 Å². The predicted octanol–water partition coefficient (Wildman–Crippen LogP) is 5.62. The molecule has 6 nitrogen and oxygen atoms in total. The van der Waals surface area contributed by atoms with Crippen LogP contribution in [0.5, 0.6) is 0 Å². The lowest BCUT2D eigenvalue weighted by atomic mass is 10.2. The van der Waals surface area contributed by atoms with Crippen molar-refractivity contribution in [3.05, 3.63) is 94.0 Å². The fourth-order valence-corrected chi connectivity index (χ4v) is 2.69. The number of nitrogens with one attached hydrogen (secondary N) is 1. The Morgan fingerprint density at radius 2 is 1.65 bits per heavy atom. The number of nitro groups is 1. The quantitative estimate of drug-likeness (QED) is 0.480. The maximum Gasteiger partial charge on any atom is 0.331 e. The highest BCUT2D eigenvalue weighted by Gasteiger charge is 2.25. The third kappa shape index (κ3) is 3.81. The number of nitrogens with zero attached hydrogens (tertiary/aromatic N) is 2. The molecule has 26 heavy (non-hydrogen) atoms. The van der Waals surface area contributed by atoms with Gasteiger partial charge in [-0.3, -0.25) is 15.0 Å². The molecule has 1 N–H and O–H groups in total. The molecule has 0 fully saturated rings. The number of hydrogen-bond acceptors (Lipinski definition) is 3. The minimum atomic E-state index is -0.534. The van der Waals surface area contributed by atoms with Crippen LogP contribution in [0.2, 0.25) is 5.02 Å². The highest BCUT2D eigenvalue weighted by Crippen LogP contribution is 2.34. The topological polar surface area (TPSA) is 75.5 Å². The Bertz CT molecular complexity index is 948. The number of amides is 2. The monoisotopic (exact) mass is 367 g/mol. The van der Waals surface area contributed by atoms with E-state index in [1.165, 1.54) is 17.0 Å². The van der Waals surface area contributed by atoms with Gasteiger partial charge in [-0.1, -0.05) is 48.0 Å². The highest BCUT2D eigenvalue weighted by atomic mass is 35.5. The molecule has 0 saturated carbocycles.